The molecule has 44 heavy (non-hydrogen) atoms. The van der Waals surface area contributed by atoms with Crippen LogP contribution in [0.3, 0.4) is 0 Å². The number of hydrogen-bond acceptors (Lipinski definition) is 8. The van der Waals surface area contributed by atoms with Gasteiger partial charge in [0.25, 0.3) is 5.91 Å². The van der Waals surface area contributed by atoms with Crippen molar-refractivity contribution < 1.29 is 22.5 Å². The molecule has 1 aliphatic rings. The van der Waals surface area contributed by atoms with Gasteiger partial charge in [-0.15, -0.1) is 0 Å². The van der Waals surface area contributed by atoms with Crippen molar-refractivity contribution in [3.8, 4) is 0 Å². The third-order valence-corrected chi connectivity index (χ3v) is 9.68. The van der Waals surface area contributed by atoms with Crippen molar-refractivity contribution in [1.29, 1.82) is 0 Å². The molecule has 0 radical (unpaired) electrons. The van der Waals surface area contributed by atoms with E-state index >= 15 is 0 Å². The Hall–Kier alpha value is -3.46. The molecule has 230 valence electrons. The number of nitrogens with zero attached hydrogens (tertiary/aromatic N) is 3. The SMILES string of the molecule is O=C(Nc1ccc(C[C@H](NC(=O)[C@@H]2CCCN2S(=O)(=O)c2cc(Cl)cc(Cl)c2)c2noc(=O)[nH]2)cc1)c1c(Cl)cncc1Cl. The maximum Gasteiger partial charge on any atom is 0.438 e. The van der Waals surface area contributed by atoms with E-state index in [-0.39, 0.29) is 55.8 Å². The Kier molecular flexibility index (Phi) is 9.63. The average molecular weight is 700 g/mol. The minimum absolute atomic E-state index is 0.0386. The Morgan fingerprint density at radius 2 is 1.70 bits per heavy atom. The van der Waals surface area contributed by atoms with Crippen LogP contribution in [0.25, 0.3) is 0 Å². The molecule has 5 rings (SSSR count). The Morgan fingerprint density at radius 3 is 2.32 bits per heavy atom. The van der Waals surface area contributed by atoms with Gasteiger partial charge in [-0.3, -0.25) is 24.1 Å². The van der Waals surface area contributed by atoms with E-state index < -0.39 is 39.7 Å². The van der Waals surface area contributed by atoms with Gasteiger partial charge in [0.15, 0.2) is 5.82 Å². The first-order valence-electron chi connectivity index (χ1n) is 13.0. The van der Waals surface area contributed by atoms with Crippen LogP contribution >= 0.6 is 46.4 Å². The van der Waals surface area contributed by atoms with Crippen LogP contribution in [0, 0.1) is 0 Å². The first kappa shape index (κ1) is 31.9. The highest BCUT2D eigenvalue weighted by Gasteiger charge is 2.40. The number of hydrogen-bond donors (Lipinski definition) is 3. The monoisotopic (exact) mass is 698 g/mol. The van der Waals surface area contributed by atoms with Gasteiger partial charge in [0.2, 0.25) is 15.9 Å². The first-order valence-corrected chi connectivity index (χ1v) is 15.9. The van der Waals surface area contributed by atoms with Crippen molar-refractivity contribution >= 4 is 73.9 Å². The number of carbonyl (C=O) groups is 2. The quantitative estimate of drug-likeness (QED) is 0.222. The van der Waals surface area contributed by atoms with Crippen molar-refractivity contribution in [3.63, 3.8) is 0 Å². The number of H-pyrrole nitrogens is 1. The molecule has 0 saturated carbocycles. The molecule has 1 saturated heterocycles. The van der Waals surface area contributed by atoms with Gasteiger partial charge in [-0.2, -0.15) is 4.31 Å². The van der Waals surface area contributed by atoms with E-state index in [0.29, 0.717) is 17.7 Å². The Labute approximate surface area is 270 Å². The number of sulfonamides is 1. The maximum atomic E-state index is 13.5. The lowest BCUT2D eigenvalue weighted by atomic mass is 10.0. The molecule has 2 aromatic carbocycles. The lowest BCUT2D eigenvalue weighted by Gasteiger charge is -2.25. The summed E-state index contributed by atoms with van der Waals surface area (Å²) in [5.41, 5.74) is 1.19. The molecule has 3 N–H and O–H groups in total. The molecule has 12 nitrogen and oxygen atoms in total. The number of halogens is 4. The summed E-state index contributed by atoms with van der Waals surface area (Å²) in [5, 5.41) is 9.70. The molecule has 0 aliphatic carbocycles. The van der Waals surface area contributed by atoms with E-state index in [9.17, 15) is 22.8 Å². The number of nitrogens with one attached hydrogen (secondary N) is 3. The van der Waals surface area contributed by atoms with E-state index in [2.05, 4.69) is 30.3 Å². The second-order valence-electron chi connectivity index (χ2n) is 9.75. The highest BCUT2D eigenvalue weighted by molar-refractivity contribution is 7.89. The maximum absolute atomic E-state index is 13.5. The van der Waals surface area contributed by atoms with E-state index in [1.54, 1.807) is 24.3 Å². The summed E-state index contributed by atoms with van der Waals surface area (Å²) in [4.78, 5) is 44.1. The van der Waals surface area contributed by atoms with E-state index in [4.69, 9.17) is 46.4 Å². The minimum atomic E-state index is -4.12. The number of aromatic amines is 1. The zero-order valence-corrected chi connectivity index (χ0v) is 26.2. The largest absolute Gasteiger partial charge is 0.438 e. The van der Waals surface area contributed by atoms with E-state index in [0.717, 1.165) is 4.31 Å². The van der Waals surface area contributed by atoms with Gasteiger partial charge in [-0.1, -0.05) is 63.7 Å². The molecule has 0 bridgehead atoms. The summed E-state index contributed by atoms with van der Waals surface area (Å²) in [7, 11) is -4.12. The summed E-state index contributed by atoms with van der Waals surface area (Å²) < 4.78 is 32.6. The second-order valence-corrected chi connectivity index (χ2v) is 13.3. The number of carbonyl (C=O) groups excluding carboxylic acids is 2. The molecule has 17 heteroatoms. The molecule has 2 aromatic heterocycles. The van der Waals surface area contributed by atoms with Gasteiger partial charge in [-0.05, 0) is 48.7 Å². The van der Waals surface area contributed by atoms with Gasteiger partial charge >= 0.3 is 5.76 Å². The molecular weight excluding hydrogens is 678 g/mol. The zero-order chi connectivity index (χ0) is 31.6. The normalized spacial score (nSPS) is 16.0. The fraction of sp³-hybridized carbons (Fsp3) is 0.222. The van der Waals surface area contributed by atoms with Crippen LogP contribution in [0.1, 0.15) is 40.6 Å². The molecular formula is C27H22Cl4N6O6S. The minimum Gasteiger partial charge on any atom is -0.344 e. The van der Waals surface area contributed by atoms with Crippen LogP contribution in [-0.2, 0) is 21.2 Å². The van der Waals surface area contributed by atoms with Gasteiger partial charge < -0.3 is 10.6 Å². The fourth-order valence-electron chi connectivity index (χ4n) is 4.76. The average Bonchev–Trinajstić information content (AvgIpc) is 3.63. The molecule has 4 aromatic rings. The standard InChI is InChI=1S/C27H22Cl4N6O6S/c28-15-9-16(29)11-18(10-15)44(41,42)37-7-1-2-22(37)25(38)34-21(24-35-27(40)43-36-24)8-14-3-5-17(6-4-14)33-26(39)23-19(30)12-32-13-20(23)31/h3-6,9-13,21-22H,1-2,7-8H2,(H,33,39)(H,34,38)(H,35,36,40)/t21-,22-/m0/s1. The van der Waals surface area contributed by atoms with Crippen LogP contribution in [0.4, 0.5) is 5.69 Å². The lowest BCUT2D eigenvalue weighted by Crippen LogP contribution is -2.47. The van der Waals surface area contributed by atoms with Crippen LogP contribution in [0.15, 0.2) is 69.1 Å². The van der Waals surface area contributed by atoms with Crippen molar-refractivity contribution in [3.05, 3.63) is 102 Å². The number of anilines is 1. The van der Waals surface area contributed by atoms with E-state index in [1.807, 2.05) is 0 Å². The lowest BCUT2D eigenvalue weighted by molar-refractivity contribution is -0.125. The number of pyridine rings is 1. The van der Waals surface area contributed by atoms with Crippen molar-refractivity contribution in [2.75, 3.05) is 11.9 Å². The summed E-state index contributed by atoms with van der Waals surface area (Å²) >= 11 is 24.2. The predicted octanol–water partition coefficient (Wildman–Crippen LogP) is 4.88. The van der Waals surface area contributed by atoms with Crippen molar-refractivity contribution in [2.24, 2.45) is 0 Å². The second kappa shape index (κ2) is 13.3. The summed E-state index contributed by atoms with van der Waals surface area (Å²) in [6.45, 7) is 0.110. The van der Waals surface area contributed by atoms with E-state index in [1.165, 1.54) is 30.6 Å². The topological polar surface area (TPSA) is 167 Å². The number of benzene rings is 2. The van der Waals surface area contributed by atoms with Crippen molar-refractivity contribution in [1.82, 2.24) is 24.7 Å². The highest BCUT2D eigenvalue weighted by atomic mass is 35.5. The van der Waals surface area contributed by atoms with Gasteiger partial charge in [-0.25, -0.2) is 13.2 Å². The van der Waals surface area contributed by atoms with Gasteiger partial charge in [0.05, 0.1) is 26.5 Å². The van der Waals surface area contributed by atoms with Crippen LogP contribution in [0.2, 0.25) is 20.1 Å². The Morgan fingerprint density at radius 1 is 1.05 bits per heavy atom. The number of rotatable bonds is 9. The van der Waals surface area contributed by atoms with Crippen LogP contribution in [0.5, 0.6) is 0 Å². The Balaban J connectivity index is 1.33. The predicted molar refractivity (Wildman–Crippen MR) is 164 cm³/mol. The molecule has 1 fully saturated rings. The van der Waals surface area contributed by atoms with Crippen LogP contribution < -0.4 is 16.4 Å². The number of aromatic nitrogens is 3. The molecule has 0 unspecified atom stereocenters. The Bertz CT molecular complexity index is 1840. The number of amides is 2. The molecule has 2 atom stereocenters. The fourth-order valence-corrected chi connectivity index (χ4v) is 7.68. The summed E-state index contributed by atoms with van der Waals surface area (Å²) in [6, 6.07) is 8.65. The zero-order valence-electron chi connectivity index (χ0n) is 22.4. The molecule has 1 aliphatic heterocycles. The summed E-state index contributed by atoms with van der Waals surface area (Å²) in [6.07, 6.45) is 3.46. The van der Waals surface area contributed by atoms with Gasteiger partial charge in [0.1, 0.15) is 6.04 Å². The van der Waals surface area contributed by atoms with Gasteiger partial charge in [0, 0.05) is 41.1 Å². The third-order valence-electron chi connectivity index (χ3n) is 6.78. The smallest absolute Gasteiger partial charge is 0.344 e. The van der Waals surface area contributed by atoms with Crippen LogP contribution in [-0.4, -0.2) is 52.2 Å². The first-order chi connectivity index (χ1) is 20.9. The molecule has 0 spiro atoms. The van der Waals surface area contributed by atoms with Crippen molar-refractivity contribution in [2.45, 2.75) is 36.2 Å². The third kappa shape index (κ3) is 7.09. The molecule has 3 heterocycles. The molecule has 2 amide bonds. The highest BCUT2D eigenvalue weighted by Crippen LogP contribution is 2.31. The summed E-state index contributed by atoms with van der Waals surface area (Å²) in [5.74, 6) is -1.91.